The maximum atomic E-state index is 11.5. The van der Waals surface area contributed by atoms with Crippen molar-refractivity contribution in [1.82, 2.24) is 4.90 Å². The summed E-state index contributed by atoms with van der Waals surface area (Å²) in [5, 5.41) is 29.2. The normalized spacial score (nSPS) is 20.8. The third-order valence-electron chi connectivity index (χ3n) is 3.58. The van der Waals surface area contributed by atoms with E-state index in [0.717, 1.165) is 4.90 Å². The van der Waals surface area contributed by atoms with Gasteiger partial charge in [0.1, 0.15) is 0 Å². The molecule has 9 heteroatoms. The number of amides is 1. The Bertz CT molecular complexity index is 618. The van der Waals surface area contributed by atoms with Crippen LogP contribution in [-0.4, -0.2) is 50.8 Å². The second-order valence-electron chi connectivity index (χ2n) is 4.93. The van der Waals surface area contributed by atoms with E-state index in [0.29, 0.717) is 0 Å². The fraction of sp³-hybridized carbons (Fsp3) is 0.385. The first kappa shape index (κ1) is 15.7. The van der Waals surface area contributed by atoms with Crippen LogP contribution in [0.1, 0.15) is 12.0 Å². The number of rotatable bonds is 5. The highest BCUT2D eigenvalue weighted by Crippen LogP contribution is 2.29. The van der Waals surface area contributed by atoms with Crippen molar-refractivity contribution in [2.45, 2.75) is 18.6 Å². The number of hydrogen-bond donors (Lipinski definition) is 2. The fourth-order valence-corrected chi connectivity index (χ4v) is 2.33. The van der Waals surface area contributed by atoms with Gasteiger partial charge >= 0.3 is 12.1 Å². The lowest BCUT2D eigenvalue weighted by Gasteiger charge is -2.24. The lowest BCUT2D eigenvalue weighted by atomic mass is 10.0. The van der Waals surface area contributed by atoms with Gasteiger partial charge in [-0.1, -0.05) is 12.1 Å². The van der Waals surface area contributed by atoms with Gasteiger partial charge in [0.25, 0.3) is 5.69 Å². The van der Waals surface area contributed by atoms with Crippen molar-refractivity contribution in [2.75, 3.05) is 13.1 Å². The highest BCUT2D eigenvalue weighted by Gasteiger charge is 2.48. The van der Waals surface area contributed by atoms with Crippen LogP contribution in [0.3, 0.4) is 0 Å². The maximum Gasteiger partial charge on any atom is 0.407 e. The van der Waals surface area contributed by atoms with E-state index in [2.05, 4.69) is 0 Å². The molecule has 22 heavy (non-hydrogen) atoms. The van der Waals surface area contributed by atoms with Crippen LogP contribution in [0.5, 0.6) is 0 Å². The minimum absolute atomic E-state index is 0.00470. The number of aliphatic carboxylic acids is 1. The Morgan fingerprint density at radius 3 is 2.59 bits per heavy atom. The minimum Gasteiger partial charge on any atom is -0.479 e. The number of nitro benzene ring substituents is 1. The van der Waals surface area contributed by atoms with Crippen LogP contribution >= 0.6 is 0 Å². The Hall–Kier alpha value is -2.68. The van der Waals surface area contributed by atoms with Crippen molar-refractivity contribution in [3.05, 3.63) is 39.9 Å². The zero-order valence-electron chi connectivity index (χ0n) is 11.5. The van der Waals surface area contributed by atoms with E-state index in [1.54, 1.807) is 6.07 Å². The maximum absolute atomic E-state index is 11.5. The van der Waals surface area contributed by atoms with Crippen LogP contribution in [0.15, 0.2) is 24.3 Å². The topological polar surface area (TPSA) is 130 Å². The summed E-state index contributed by atoms with van der Waals surface area (Å²) in [5.41, 5.74) is -1.61. The molecule has 0 aliphatic carbocycles. The van der Waals surface area contributed by atoms with Crippen molar-refractivity contribution in [1.29, 1.82) is 0 Å². The Kier molecular flexibility index (Phi) is 4.27. The van der Waals surface area contributed by atoms with Crippen molar-refractivity contribution in [3.8, 4) is 0 Å². The molecule has 2 rings (SSSR count). The molecule has 2 N–H and O–H groups in total. The molecule has 0 radical (unpaired) electrons. The standard InChI is InChI=1S/C13H14N2O7/c16-11(17)13(5-6-14(8-13)12(18)19)22-7-9-3-1-2-4-10(9)15(20)21/h1-4H,5-8H2,(H,16,17)(H,18,19). The lowest BCUT2D eigenvalue weighted by molar-refractivity contribution is -0.386. The Balaban J connectivity index is 2.16. The van der Waals surface area contributed by atoms with Gasteiger partial charge in [0.2, 0.25) is 0 Å². The first-order valence-corrected chi connectivity index (χ1v) is 6.43. The number of carboxylic acid groups (broad SMARTS) is 2. The molecule has 0 spiro atoms. The van der Waals surface area contributed by atoms with Crippen LogP contribution in [0.25, 0.3) is 0 Å². The van der Waals surface area contributed by atoms with Crippen molar-refractivity contribution >= 4 is 17.7 Å². The molecule has 1 aromatic carbocycles. The number of likely N-dealkylation sites (tertiary alicyclic amines) is 1. The Morgan fingerprint density at radius 2 is 2.05 bits per heavy atom. The molecule has 0 aromatic heterocycles. The molecule has 1 heterocycles. The summed E-state index contributed by atoms with van der Waals surface area (Å²) in [6.45, 7) is -0.548. The van der Waals surface area contributed by atoms with Crippen LogP contribution in [0.4, 0.5) is 10.5 Å². The minimum atomic E-state index is -1.68. The third kappa shape index (κ3) is 2.98. The van der Waals surface area contributed by atoms with Gasteiger partial charge in [-0.25, -0.2) is 9.59 Å². The zero-order chi connectivity index (χ0) is 16.3. The van der Waals surface area contributed by atoms with E-state index in [1.165, 1.54) is 18.2 Å². The van der Waals surface area contributed by atoms with Crippen molar-refractivity contribution < 1.29 is 29.5 Å². The number of carboxylic acids is 1. The summed E-state index contributed by atoms with van der Waals surface area (Å²) < 4.78 is 5.40. The monoisotopic (exact) mass is 310 g/mol. The van der Waals surface area contributed by atoms with E-state index in [9.17, 15) is 24.8 Å². The molecule has 1 fully saturated rings. The van der Waals surface area contributed by atoms with Gasteiger partial charge in [0, 0.05) is 19.0 Å². The highest BCUT2D eigenvalue weighted by atomic mass is 16.6. The summed E-state index contributed by atoms with van der Waals surface area (Å²) >= 11 is 0. The number of hydrogen-bond acceptors (Lipinski definition) is 5. The van der Waals surface area contributed by atoms with Gasteiger partial charge in [-0.05, 0) is 6.07 Å². The number of nitro groups is 1. The molecule has 1 atom stereocenters. The van der Waals surface area contributed by atoms with Gasteiger partial charge in [0.15, 0.2) is 5.60 Å². The average Bonchev–Trinajstić information content (AvgIpc) is 2.91. The molecule has 1 amide bonds. The summed E-state index contributed by atoms with van der Waals surface area (Å²) in [5.74, 6) is -1.28. The molecular formula is C13H14N2O7. The molecule has 118 valence electrons. The zero-order valence-corrected chi connectivity index (χ0v) is 11.5. The summed E-state index contributed by atoms with van der Waals surface area (Å²) in [7, 11) is 0. The first-order valence-electron chi connectivity index (χ1n) is 6.43. The quantitative estimate of drug-likeness (QED) is 0.619. The van der Waals surface area contributed by atoms with Crippen LogP contribution in [0, 0.1) is 10.1 Å². The molecule has 1 saturated heterocycles. The van der Waals surface area contributed by atoms with Crippen LogP contribution in [0.2, 0.25) is 0 Å². The Labute approximate surface area is 124 Å². The molecule has 1 aromatic rings. The van der Waals surface area contributed by atoms with E-state index in [1.807, 2.05) is 0 Å². The number of nitrogens with zero attached hydrogens (tertiary/aromatic N) is 2. The molecule has 0 saturated carbocycles. The molecule has 1 unspecified atom stereocenters. The van der Waals surface area contributed by atoms with E-state index >= 15 is 0 Å². The van der Waals surface area contributed by atoms with E-state index in [4.69, 9.17) is 9.84 Å². The van der Waals surface area contributed by atoms with Gasteiger partial charge in [-0.15, -0.1) is 0 Å². The van der Waals surface area contributed by atoms with Gasteiger partial charge in [-0.2, -0.15) is 0 Å². The summed E-state index contributed by atoms with van der Waals surface area (Å²) in [6.07, 6.45) is -1.23. The van der Waals surface area contributed by atoms with Gasteiger partial charge in [0.05, 0.1) is 23.6 Å². The molecule has 1 aliphatic rings. The van der Waals surface area contributed by atoms with Crippen molar-refractivity contribution in [2.24, 2.45) is 0 Å². The molecule has 9 nitrogen and oxygen atoms in total. The first-order chi connectivity index (χ1) is 10.4. The van der Waals surface area contributed by atoms with Crippen LogP contribution in [-0.2, 0) is 16.1 Å². The highest BCUT2D eigenvalue weighted by molar-refractivity contribution is 5.80. The predicted molar refractivity (Wildman–Crippen MR) is 72.5 cm³/mol. The fourth-order valence-electron chi connectivity index (χ4n) is 2.33. The number of ether oxygens (including phenoxy) is 1. The van der Waals surface area contributed by atoms with Crippen LogP contribution < -0.4 is 0 Å². The summed E-state index contributed by atoms with van der Waals surface area (Å²) in [4.78, 5) is 33.7. The van der Waals surface area contributed by atoms with E-state index in [-0.39, 0.29) is 37.4 Å². The predicted octanol–water partition coefficient (Wildman–Crippen LogP) is 1.32. The van der Waals surface area contributed by atoms with Gasteiger partial charge in [-0.3, -0.25) is 10.1 Å². The number of carbonyl (C=O) groups is 2. The summed E-state index contributed by atoms with van der Waals surface area (Å²) in [6, 6.07) is 5.84. The Morgan fingerprint density at radius 1 is 1.36 bits per heavy atom. The second kappa shape index (κ2) is 5.98. The second-order valence-corrected chi connectivity index (χ2v) is 4.93. The lowest BCUT2D eigenvalue weighted by Crippen LogP contribution is -2.45. The molecule has 1 aliphatic heterocycles. The largest absolute Gasteiger partial charge is 0.479 e. The number of para-hydroxylation sites is 1. The van der Waals surface area contributed by atoms with Gasteiger partial charge < -0.3 is 19.8 Å². The van der Waals surface area contributed by atoms with E-state index < -0.39 is 22.6 Å². The molecule has 0 bridgehead atoms. The SMILES string of the molecule is O=C(O)N1CCC(OCc2ccccc2[N+](=O)[O-])(C(=O)O)C1. The number of benzene rings is 1. The van der Waals surface area contributed by atoms with Crippen molar-refractivity contribution in [3.63, 3.8) is 0 Å². The smallest absolute Gasteiger partial charge is 0.407 e. The third-order valence-corrected chi connectivity index (χ3v) is 3.58. The molecular weight excluding hydrogens is 296 g/mol. The average molecular weight is 310 g/mol.